The van der Waals surface area contributed by atoms with Crippen molar-refractivity contribution in [1.82, 2.24) is 20.2 Å². The van der Waals surface area contributed by atoms with Crippen molar-refractivity contribution in [2.24, 2.45) is 0 Å². The van der Waals surface area contributed by atoms with Crippen molar-refractivity contribution in [1.29, 1.82) is 0 Å². The third kappa shape index (κ3) is 2.37. The van der Waals surface area contributed by atoms with Gasteiger partial charge < -0.3 is 10.1 Å². The molecule has 0 saturated heterocycles. The quantitative estimate of drug-likeness (QED) is 0.771. The van der Waals surface area contributed by atoms with Gasteiger partial charge in [0.15, 0.2) is 5.65 Å². The third-order valence-electron chi connectivity index (χ3n) is 2.65. The maximum atomic E-state index is 6.09. The minimum Gasteiger partial charge on any atom is -0.436 e. The summed E-state index contributed by atoms with van der Waals surface area (Å²) in [7, 11) is 0. The molecule has 102 valence electrons. The zero-order valence-electron chi connectivity index (χ0n) is 10.7. The summed E-state index contributed by atoms with van der Waals surface area (Å²) in [5.74, 6) is 1.43. The van der Waals surface area contributed by atoms with Crippen LogP contribution in [0.3, 0.4) is 0 Å². The smallest absolute Gasteiger partial charge is 0.235 e. The Morgan fingerprint density at radius 3 is 2.95 bits per heavy atom. The first kappa shape index (κ1) is 12.7. The lowest BCUT2D eigenvalue weighted by Gasteiger charge is -2.09. The van der Waals surface area contributed by atoms with E-state index in [2.05, 4.69) is 25.5 Å². The second kappa shape index (κ2) is 5.34. The Labute approximate surface area is 120 Å². The van der Waals surface area contributed by atoms with Crippen molar-refractivity contribution in [3.8, 4) is 11.6 Å². The van der Waals surface area contributed by atoms with Crippen LogP contribution < -0.4 is 10.1 Å². The number of nitrogens with one attached hydrogen (secondary N) is 2. The van der Waals surface area contributed by atoms with Crippen molar-refractivity contribution in [3.05, 3.63) is 35.5 Å². The van der Waals surface area contributed by atoms with E-state index in [4.69, 9.17) is 16.3 Å². The first-order valence-corrected chi connectivity index (χ1v) is 6.53. The average Bonchev–Trinajstić information content (AvgIpc) is 2.90. The third-order valence-corrected chi connectivity index (χ3v) is 2.97. The van der Waals surface area contributed by atoms with E-state index in [1.807, 2.05) is 19.1 Å². The van der Waals surface area contributed by atoms with Gasteiger partial charge in [-0.2, -0.15) is 15.1 Å². The van der Waals surface area contributed by atoms with E-state index in [9.17, 15) is 0 Å². The van der Waals surface area contributed by atoms with E-state index < -0.39 is 0 Å². The van der Waals surface area contributed by atoms with E-state index >= 15 is 0 Å². The molecule has 3 rings (SSSR count). The van der Waals surface area contributed by atoms with Crippen LogP contribution in [0.5, 0.6) is 11.6 Å². The van der Waals surface area contributed by atoms with Gasteiger partial charge >= 0.3 is 0 Å². The second-order valence-electron chi connectivity index (χ2n) is 4.05. The molecule has 0 aliphatic heterocycles. The van der Waals surface area contributed by atoms with E-state index in [0.717, 1.165) is 0 Å². The number of anilines is 1. The SMILES string of the molecule is CCNc1nc(Oc2ccccc2Cl)c2cn[nH]c2n1. The van der Waals surface area contributed by atoms with Gasteiger partial charge in [0.05, 0.1) is 11.2 Å². The van der Waals surface area contributed by atoms with Crippen LogP contribution in [0.2, 0.25) is 5.02 Å². The Balaban J connectivity index is 2.05. The van der Waals surface area contributed by atoms with Gasteiger partial charge in [0.2, 0.25) is 11.8 Å². The highest BCUT2D eigenvalue weighted by atomic mass is 35.5. The second-order valence-corrected chi connectivity index (χ2v) is 4.45. The molecule has 0 aliphatic carbocycles. The molecule has 2 aromatic heterocycles. The van der Waals surface area contributed by atoms with E-state index in [1.54, 1.807) is 18.3 Å². The predicted molar refractivity (Wildman–Crippen MR) is 77.4 cm³/mol. The van der Waals surface area contributed by atoms with Crippen LogP contribution in [0, 0.1) is 0 Å². The van der Waals surface area contributed by atoms with E-state index in [-0.39, 0.29) is 0 Å². The molecular formula is C13H12ClN5O. The van der Waals surface area contributed by atoms with Crippen LogP contribution in [0.25, 0.3) is 11.0 Å². The molecule has 20 heavy (non-hydrogen) atoms. The number of para-hydroxylation sites is 1. The molecule has 0 spiro atoms. The molecule has 0 radical (unpaired) electrons. The highest BCUT2D eigenvalue weighted by Gasteiger charge is 2.12. The minimum absolute atomic E-state index is 0.410. The van der Waals surface area contributed by atoms with Crippen LogP contribution >= 0.6 is 11.6 Å². The van der Waals surface area contributed by atoms with Crippen LogP contribution in [0.4, 0.5) is 5.95 Å². The van der Waals surface area contributed by atoms with E-state index in [1.165, 1.54) is 0 Å². The summed E-state index contributed by atoms with van der Waals surface area (Å²) in [5, 5.41) is 11.0. The van der Waals surface area contributed by atoms with Crippen LogP contribution in [-0.2, 0) is 0 Å². The maximum absolute atomic E-state index is 6.09. The summed E-state index contributed by atoms with van der Waals surface area (Å²) in [5.41, 5.74) is 0.609. The summed E-state index contributed by atoms with van der Waals surface area (Å²) in [4.78, 5) is 8.63. The zero-order chi connectivity index (χ0) is 13.9. The molecule has 0 aliphatic rings. The highest BCUT2D eigenvalue weighted by Crippen LogP contribution is 2.31. The maximum Gasteiger partial charge on any atom is 0.235 e. The number of H-pyrrole nitrogens is 1. The standard InChI is InChI=1S/C13H12ClN5O/c1-2-15-13-17-11-8(7-16-19-11)12(18-13)20-10-6-4-3-5-9(10)14/h3-7H,2H2,1H3,(H2,15,16,17,18,19). The number of hydrogen-bond donors (Lipinski definition) is 2. The van der Waals surface area contributed by atoms with Gasteiger partial charge in [-0.05, 0) is 19.1 Å². The van der Waals surface area contributed by atoms with Crippen molar-refractivity contribution >= 4 is 28.6 Å². The lowest BCUT2D eigenvalue weighted by molar-refractivity contribution is 0.469. The number of aromatic nitrogens is 4. The summed E-state index contributed by atoms with van der Waals surface area (Å²) in [6.07, 6.45) is 1.62. The van der Waals surface area contributed by atoms with Crippen LogP contribution in [0.15, 0.2) is 30.5 Å². The molecule has 3 aromatic rings. The summed E-state index contributed by atoms with van der Waals surface area (Å²) < 4.78 is 5.78. The Morgan fingerprint density at radius 2 is 2.15 bits per heavy atom. The molecule has 0 fully saturated rings. The lowest BCUT2D eigenvalue weighted by Crippen LogP contribution is -2.03. The van der Waals surface area contributed by atoms with Crippen molar-refractivity contribution in [2.45, 2.75) is 6.92 Å². The average molecular weight is 290 g/mol. The van der Waals surface area contributed by atoms with Gasteiger partial charge in [-0.3, -0.25) is 5.10 Å². The molecule has 2 heterocycles. The molecule has 0 amide bonds. The van der Waals surface area contributed by atoms with Crippen LogP contribution in [0.1, 0.15) is 6.92 Å². The fourth-order valence-electron chi connectivity index (χ4n) is 1.76. The number of fused-ring (bicyclic) bond motifs is 1. The summed E-state index contributed by atoms with van der Waals surface area (Å²) in [6.45, 7) is 2.68. The Kier molecular flexibility index (Phi) is 3.39. The number of hydrogen-bond acceptors (Lipinski definition) is 5. The number of halogens is 1. The molecule has 2 N–H and O–H groups in total. The molecule has 0 unspecified atom stereocenters. The van der Waals surface area contributed by atoms with Gasteiger partial charge in [0.25, 0.3) is 0 Å². The lowest BCUT2D eigenvalue weighted by atomic mass is 10.3. The number of rotatable bonds is 4. The number of aromatic amines is 1. The fraction of sp³-hybridized carbons (Fsp3) is 0.154. The van der Waals surface area contributed by atoms with Gasteiger partial charge in [-0.15, -0.1) is 0 Å². The fourth-order valence-corrected chi connectivity index (χ4v) is 1.93. The Hall–Kier alpha value is -2.34. The van der Waals surface area contributed by atoms with E-state index in [0.29, 0.717) is 40.2 Å². The first-order chi connectivity index (χ1) is 9.78. The predicted octanol–water partition coefficient (Wildman–Crippen LogP) is 3.23. The molecule has 6 nitrogen and oxygen atoms in total. The first-order valence-electron chi connectivity index (χ1n) is 6.15. The van der Waals surface area contributed by atoms with Crippen LogP contribution in [-0.4, -0.2) is 26.7 Å². The van der Waals surface area contributed by atoms with Crippen molar-refractivity contribution in [2.75, 3.05) is 11.9 Å². The monoisotopic (exact) mass is 289 g/mol. The van der Waals surface area contributed by atoms with Gasteiger partial charge in [-0.25, -0.2) is 0 Å². The van der Waals surface area contributed by atoms with Gasteiger partial charge in [0.1, 0.15) is 11.1 Å². The number of nitrogens with zero attached hydrogens (tertiary/aromatic N) is 3. The van der Waals surface area contributed by atoms with Gasteiger partial charge in [0, 0.05) is 6.54 Å². The molecular weight excluding hydrogens is 278 g/mol. The van der Waals surface area contributed by atoms with Crippen molar-refractivity contribution in [3.63, 3.8) is 0 Å². The van der Waals surface area contributed by atoms with Crippen molar-refractivity contribution < 1.29 is 4.74 Å². The molecule has 7 heteroatoms. The highest BCUT2D eigenvalue weighted by molar-refractivity contribution is 6.32. The number of ether oxygens (including phenoxy) is 1. The Bertz CT molecular complexity index is 742. The molecule has 0 atom stereocenters. The zero-order valence-corrected chi connectivity index (χ0v) is 11.5. The summed E-state index contributed by atoms with van der Waals surface area (Å²) in [6, 6.07) is 7.23. The largest absolute Gasteiger partial charge is 0.436 e. The molecule has 0 saturated carbocycles. The molecule has 1 aromatic carbocycles. The topological polar surface area (TPSA) is 75.7 Å². The van der Waals surface area contributed by atoms with Gasteiger partial charge in [-0.1, -0.05) is 23.7 Å². The number of benzene rings is 1. The summed E-state index contributed by atoms with van der Waals surface area (Å²) >= 11 is 6.09. The minimum atomic E-state index is 0.410. The normalized spacial score (nSPS) is 10.7. The Morgan fingerprint density at radius 1 is 1.30 bits per heavy atom. The molecule has 0 bridgehead atoms.